The van der Waals surface area contributed by atoms with Crippen LogP contribution in [0.2, 0.25) is 0 Å². The van der Waals surface area contributed by atoms with Gasteiger partial charge in [0, 0.05) is 7.05 Å². The molecule has 0 aliphatic heterocycles. The number of likely N-dealkylation sites (N-methyl/N-ethyl adjacent to an activating group) is 1. The molecule has 21 heavy (non-hydrogen) atoms. The van der Waals surface area contributed by atoms with Crippen LogP contribution in [0.25, 0.3) is 0 Å². The first-order valence-electron chi connectivity index (χ1n) is 6.36. The third-order valence-corrected chi connectivity index (χ3v) is 2.99. The van der Waals surface area contributed by atoms with Gasteiger partial charge in [0.2, 0.25) is 0 Å². The largest absolute Gasteiger partial charge is 0.340 e. The van der Waals surface area contributed by atoms with Gasteiger partial charge in [0.05, 0.1) is 7.11 Å². The van der Waals surface area contributed by atoms with Crippen molar-refractivity contribution in [2.45, 2.75) is 19.9 Å². The van der Waals surface area contributed by atoms with E-state index in [9.17, 15) is 18.4 Å². The van der Waals surface area contributed by atoms with E-state index < -0.39 is 35.1 Å². The molecule has 1 aromatic carbocycles. The lowest BCUT2D eigenvalue weighted by Gasteiger charge is -2.25. The van der Waals surface area contributed by atoms with Crippen LogP contribution in [-0.2, 0) is 9.63 Å². The zero-order chi connectivity index (χ0) is 16.2. The van der Waals surface area contributed by atoms with Crippen LogP contribution in [0.4, 0.5) is 8.78 Å². The van der Waals surface area contributed by atoms with Crippen LogP contribution in [0, 0.1) is 17.6 Å². The summed E-state index contributed by atoms with van der Waals surface area (Å²) in [7, 11) is 2.68. The van der Waals surface area contributed by atoms with E-state index in [0.29, 0.717) is 0 Å². The third kappa shape index (κ3) is 3.98. The van der Waals surface area contributed by atoms with E-state index in [4.69, 9.17) is 4.84 Å². The molecule has 0 aromatic heterocycles. The van der Waals surface area contributed by atoms with Gasteiger partial charge in [0.15, 0.2) is 0 Å². The molecule has 0 bridgehead atoms. The molecule has 1 rings (SSSR count). The summed E-state index contributed by atoms with van der Waals surface area (Å²) in [5, 5.41) is 3.29. The van der Waals surface area contributed by atoms with Crippen LogP contribution < -0.4 is 5.32 Å². The van der Waals surface area contributed by atoms with Crippen molar-refractivity contribution in [1.29, 1.82) is 0 Å². The number of benzene rings is 1. The van der Waals surface area contributed by atoms with Crippen LogP contribution in [0.15, 0.2) is 18.2 Å². The van der Waals surface area contributed by atoms with Gasteiger partial charge >= 0.3 is 0 Å². The minimum Gasteiger partial charge on any atom is -0.340 e. The summed E-state index contributed by atoms with van der Waals surface area (Å²) in [5.74, 6) is -3.75. The van der Waals surface area contributed by atoms with Crippen LogP contribution >= 0.6 is 0 Å². The minimum absolute atomic E-state index is 0.283. The number of halogens is 2. The fourth-order valence-corrected chi connectivity index (χ4v) is 1.73. The smallest absolute Gasteiger partial charge is 0.268 e. The monoisotopic (exact) mass is 300 g/mol. The SMILES string of the molecule is CON(C)C(=O)[C@H](NC(=O)c1c(F)cccc1F)C(C)C. The molecule has 0 aliphatic carbocycles. The quantitative estimate of drug-likeness (QED) is 0.843. The van der Waals surface area contributed by atoms with Crippen molar-refractivity contribution in [3.63, 3.8) is 0 Å². The van der Waals surface area contributed by atoms with Gasteiger partial charge in [-0.1, -0.05) is 19.9 Å². The number of nitrogens with zero attached hydrogens (tertiary/aromatic N) is 1. The zero-order valence-corrected chi connectivity index (χ0v) is 12.3. The highest BCUT2D eigenvalue weighted by atomic mass is 19.1. The lowest BCUT2D eigenvalue weighted by molar-refractivity contribution is -0.171. The molecule has 0 heterocycles. The van der Waals surface area contributed by atoms with E-state index in [-0.39, 0.29) is 5.92 Å². The van der Waals surface area contributed by atoms with Crippen molar-refractivity contribution in [1.82, 2.24) is 10.4 Å². The highest BCUT2D eigenvalue weighted by Gasteiger charge is 2.29. The second kappa shape index (κ2) is 7.12. The Kier molecular flexibility index (Phi) is 5.78. The van der Waals surface area contributed by atoms with Gasteiger partial charge < -0.3 is 5.32 Å². The summed E-state index contributed by atoms with van der Waals surface area (Å²) in [6.45, 7) is 3.40. The average Bonchev–Trinajstić information content (AvgIpc) is 2.42. The Balaban J connectivity index is 3.00. The number of amides is 2. The van der Waals surface area contributed by atoms with Crippen molar-refractivity contribution < 1.29 is 23.2 Å². The normalized spacial score (nSPS) is 12.1. The topological polar surface area (TPSA) is 58.6 Å². The van der Waals surface area contributed by atoms with E-state index in [1.54, 1.807) is 13.8 Å². The van der Waals surface area contributed by atoms with Gasteiger partial charge in [0.25, 0.3) is 11.8 Å². The fraction of sp³-hybridized carbons (Fsp3) is 0.429. The summed E-state index contributed by atoms with van der Waals surface area (Å²) < 4.78 is 27.1. The van der Waals surface area contributed by atoms with E-state index >= 15 is 0 Å². The zero-order valence-electron chi connectivity index (χ0n) is 12.3. The highest BCUT2D eigenvalue weighted by Crippen LogP contribution is 2.13. The maximum atomic E-state index is 13.6. The molecule has 5 nitrogen and oxygen atoms in total. The molecule has 1 N–H and O–H groups in total. The first kappa shape index (κ1) is 17.0. The first-order chi connectivity index (χ1) is 9.79. The first-order valence-corrected chi connectivity index (χ1v) is 6.36. The minimum atomic E-state index is -0.984. The molecule has 2 amide bonds. The molecule has 0 fully saturated rings. The second-order valence-electron chi connectivity index (χ2n) is 4.81. The van der Waals surface area contributed by atoms with Crippen molar-refractivity contribution in [2.24, 2.45) is 5.92 Å². The highest BCUT2D eigenvalue weighted by molar-refractivity contribution is 5.97. The number of hydroxylamine groups is 2. The Morgan fingerprint density at radius 2 is 1.76 bits per heavy atom. The van der Waals surface area contributed by atoms with Crippen molar-refractivity contribution >= 4 is 11.8 Å². The molecule has 0 spiro atoms. The number of carbonyl (C=O) groups excluding carboxylic acids is 2. The Morgan fingerprint density at radius 1 is 1.24 bits per heavy atom. The standard InChI is InChI=1S/C14H18F2N2O3/c1-8(2)12(14(20)18(3)21-4)17-13(19)11-9(15)6-5-7-10(11)16/h5-8,12H,1-4H3,(H,17,19)/t12-/m1/s1. The average molecular weight is 300 g/mol. The fourth-order valence-electron chi connectivity index (χ4n) is 1.73. The van der Waals surface area contributed by atoms with Crippen molar-refractivity contribution in [3.05, 3.63) is 35.4 Å². The third-order valence-electron chi connectivity index (χ3n) is 2.99. The summed E-state index contributed by atoms with van der Waals surface area (Å²) >= 11 is 0. The predicted molar refractivity (Wildman–Crippen MR) is 72.2 cm³/mol. The summed E-state index contributed by atoms with van der Waals surface area (Å²) in [5.41, 5.74) is -0.712. The molecule has 1 aromatic rings. The van der Waals surface area contributed by atoms with Crippen LogP contribution in [0.1, 0.15) is 24.2 Å². The van der Waals surface area contributed by atoms with Gasteiger partial charge in [-0.3, -0.25) is 14.4 Å². The predicted octanol–water partition coefficient (Wildman–Crippen LogP) is 1.74. The molecule has 0 aliphatic rings. The van der Waals surface area contributed by atoms with Gasteiger partial charge in [-0.25, -0.2) is 13.8 Å². The van der Waals surface area contributed by atoms with E-state index in [0.717, 1.165) is 23.3 Å². The lowest BCUT2D eigenvalue weighted by atomic mass is 10.0. The number of nitrogens with one attached hydrogen (secondary N) is 1. The van der Waals surface area contributed by atoms with Gasteiger partial charge in [0.1, 0.15) is 23.2 Å². The van der Waals surface area contributed by atoms with Crippen LogP contribution in [0.5, 0.6) is 0 Å². The van der Waals surface area contributed by atoms with Gasteiger partial charge in [-0.2, -0.15) is 0 Å². The van der Waals surface area contributed by atoms with Crippen molar-refractivity contribution in [3.8, 4) is 0 Å². The Labute approximate surface area is 121 Å². The molecule has 0 unspecified atom stereocenters. The number of rotatable bonds is 5. The Hall–Kier alpha value is -2.02. The maximum Gasteiger partial charge on any atom is 0.268 e. The molecule has 0 saturated carbocycles. The number of hydrogen-bond acceptors (Lipinski definition) is 3. The van der Waals surface area contributed by atoms with Crippen LogP contribution in [-0.4, -0.2) is 37.1 Å². The van der Waals surface area contributed by atoms with Crippen molar-refractivity contribution in [2.75, 3.05) is 14.2 Å². The summed E-state index contributed by atoms with van der Waals surface area (Å²) in [4.78, 5) is 28.8. The molecular weight excluding hydrogens is 282 g/mol. The van der Waals surface area contributed by atoms with E-state index in [2.05, 4.69) is 5.32 Å². The summed E-state index contributed by atoms with van der Waals surface area (Å²) in [6.07, 6.45) is 0. The van der Waals surface area contributed by atoms with Gasteiger partial charge in [-0.15, -0.1) is 0 Å². The number of hydrogen-bond donors (Lipinski definition) is 1. The molecule has 7 heteroatoms. The summed E-state index contributed by atoms with van der Waals surface area (Å²) in [6, 6.07) is 2.16. The number of carbonyl (C=O) groups is 2. The van der Waals surface area contributed by atoms with Gasteiger partial charge in [-0.05, 0) is 18.1 Å². The Morgan fingerprint density at radius 3 is 2.19 bits per heavy atom. The lowest BCUT2D eigenvalue weighted by Crippen LogP contribution is -2.50. The van der Waals surface area contributed by atoms with E-state index in [1.807, 2.05) is 0 Å². The molecule has 116 valence electrons. The Bertz CT molecular complexity index is 515. The van der Waals surface area contributed by atoms with Crippen LogP contribution in [0.3, 0.4) is 0 Å². The maximum absolute atomic E-state index is 13.6. The molecule has 1 atom stereocenters. The second-order valence-corrected chi connectivity index (χ2v) is 4.81. The molecular formula is C14H18F2N2O3. The van der Waals surface area contributed by atoms with E-state index in [1.165, 1.54) is 14.2 Å². The molecule has 0 saturated heterocycles. The molecule has 0 radical (unpaired) electrons.